The highest BCUT2D eigenvalue weighted by Gasteiger charge is 2.43. The van der Waals surface area contributed by atoms with E-state index in [0.717, 1.165) is 6.54 Å². The van der Waals surface area contributed by atoms with Gasteiger partial charge in [-0.25, -0.2) is 0 Å². The maximum atomic E-state index is 3.96. The van der Waals surface area contributed by atoms with Crippen molar-refractivity contribution in [3.63, 3.8) is 0 Å². The molecule has 2 atom stereocenters. The van der Waals surface area contributed by atoms with Crippen molar-refractivity contribution in [3.8, 4) is 0 Å². The fourth-order valence-corrected chi connectivity index (χ4v) is 3.88. The molecule has 0 aromatic rings. The molecule has 1 N–H and O–H groups in total. The Labute approximate surface area is 147 Å². The van der Waals surface area contributed by atoms with Crippen LogP contribution in [-0.2, 0) is 0 Å². The van der Waals surface area contributed by atoms with Gasteiger partial charge in [-0.05, 0) is 67.9 Å². The molecular weight excluding hydrogens is 278 g/mol. The standard InChI is InChI=1S/C22H45N/c1-10-12-14-20(4,5)18-22(8,16-17-23-9)21(6,7)15-13-19(3)11-2/h11,19,23H,2,10,12-18H2,1,3-9H3. The zero-order valence-corrected chi connectivity index (χ0v) is 17.5. The Hall–Kier alpha value is -0.300. The van der Waals surface area contributed by atoms with Crippen LogP contribution in [0.2, 0.25) is 0 Å². The number of hydrogen-bond acceptors (Lipinski definition) is 1. The number of nitrogens with one attached hydrogen (secondary N) is 1. The molecule has 1 heteroatoms. The molecule has 0 rings (SSSR count). The highest BCUT2D eigenvalue weighted by Crippen LogP contribution is 2.52. The molecule has 0 saturated heterocycles. The van der Waals surface area contributed by atoms with Crippen molar-refractivity contribution in [2.45, 2.75) is 93.4 Å². The van der Waals surface area contributed by atoms with Crippen LogP contribution in [0.1, 0.15) is 93.4 Å². The van der Waals surface area contributed by atoms with Crippen molar-refractivity contribution < 1.29 is 0 Å². The van der Waals surface area contributed by atoms with E-state index in [9.17, 15) is 0 Å². The molecule has 0 bridgehead atoms. The zero-order valence-electron chi connectivity index (χ0n) is 17.5. The van der Waals surface area contributed by atoms with Gasteiger partial charge in [-0.2, -0.15) is 0 Å². The van der Waals surface area contributed by atoms with Crippen LogP contribution in [0.3, 0.4) is 0 Å². The molecule has 0 radical (unpaired) electrons. The van der Waals surface area contributed by atoms with Gasteiger partial charge in [0, 0.05) is 0 Å². The normalized spacial score (nSPS) is 16.9. The van der Waals surface area contributed by atoms with Gasteiger partial charge in [-0.1, -0.05) is 67.4 Å². The largest absolute Gasteiger partial charge is 0.320 e. The second-order valence-corrected chi connectivity index (χ2v) is 9.49. The van der Waals surface area contributed by atoms with Crippen LogP contribution in [-0.4, -0.2) is 13.6 Å². The molecule has 138 valence electrons. The molecule has 0 fully saturated rings. The molecule has 1 nitrogen and oxygen atoms in total. The van der Waals surface area contributed by atoms with Crippen molar-refractivity contribution in [3.05, 3.63) is 12.7 Å². The summed E-state index contributed by atoms with van der Waals surface area (Å²) in [6.07, 6.45) is 11.2. The molecule has 2 unspecified atom stereocenters. The molecule has 0 aliphatic rings. The number of hydrogen-bond donors (Lipinski definition) is 1. The average molecular weight is 324 g/mol. The summed E-state index contributed by atoms with van der Waals surface area (Å²) in [5.74, 6) is 0.621. The van der Waals surface area contributed by atoms with Crippen LogP contribution >= 0.6 is 0 Å². The Kier molecular flexibility index (Phi) is 9.74. The molecule has 0 aromatic carbocycles. The lowest BCUT2D eigenvalue weighted by molar-refractivity contribution is 0.0135. The van der Waals surface area contributed by atoms with Crippen LogP contribution in [0.4, 0.5) is 0 Å². The van der Waals surface area contributed by atoms with Gasteiger partial charge >= 0.3 is 0 Å². The molecule has 0 heterocycles. The van der Waals surface area contributed by atoms with Crippen molar-refractivity contribution in [2.24, 2.45) is 22.2 Å². The van der Waals surface area contributed by atoms with Crippen LogP contribution in [0.15, 0.2) is 12.7 Å². The molecular formula is C22H45N. The van der Waals surface area contributed by atoms with Gasteiger partial charge in [0.15, 0.2) is 0 Å². The third-order valence-electron chi connectivity index (χ3n) is 6.26. The van der Waals surface area contributed by atoms with Crippen molar-refractivity contribution in [1.82, 2.24) is 5.32 Å². The summed E-state index contributed by atoms with van der Waals surface area (Å²) in [4.78, 5) is 0. The number of unbranched alkanes of at least 4 members (excludes halogenated alkanes) is 1. The van der Waals surface area contributed by atoms with E-state index in [2.05, 4.69) is 73.5 Å². The summed E-state index contributed by atoms with van der Waals surface area (Å²) in [6.45, 7) is 22.1. The first-order chi connectivity index (χ1) is 10.5. The van der Waals surface area contributed by atoms with E-state index in [1.54, 1.807) is 0 Å². The first-order valence-electron chi connectivity index (χ1n) is 9.81. The summed E-state index contributed by atoms with van der Waals surface area (Å²) in [5.41, 5.74) is 1.15. The van der Waals surface area contributed by atoms with E-state index in [1.165, 1.54) is 44.9 Å². The van der Waals surface area contributed by atoms with Gasteiger partial charge in [0.1, 0.15) is 0 Å². The van der Waals surface area contributed by atoms with Crippen molar-refractivity contribution in [1.29, 1.82) is 0 Å². The predicted molar refractivity (Wildman–Crippen MR) is 107 cm³/mol. The Morgan fingerprint density at radius 3 is 2.13 bits per heavy atom. The molecule has 0 aliphatic carbocycles. The van der Waals surface area contributed by atoms with E-state index in [4.69, 9.17) is 0 Å². The van der Waals surface area contributed by atoms with Crippen LogP contribution in [0, 0.1) is 22.2 Å². The third kappa shape index (κ3) is 7.88. The summed E-state index contributed by atoms with van der Waals surface area (Å²) >= 11 is 0. The quantitative estimate of drug-likeness (QED) is 0.366. The summed E-state index contributed by atoms with van der Waals surface area (Å²) in [6, 6.07) is 0. The van der Waals surface area contributed by atoms with Gasteiger partial charge in [-0.3, -0.25) is 0 Å². The Morgan fingerprint density at radius 2 is 1.65 bits per heavy atom. The van der Waals surface area contributed by atoms with E-state index < -0.39 is 0 Å². The van der Waals surface area contributed by atoms with Gasteiger partial charge in [0.25, 0.3) is 0 Å². The monoisotopic (exact) mass is 323 g/mol. The summed E-state index contributed by atoms with van der Waals surface area (Å²) in [5, 5.41) is 3.38. The van der Waals surface area contributed by atoms with Crippen LogP contribution in [0.25, 0.3) is 0 Å². The van der Waals surface area contributed by atoms with E-state index in [1.807, 2.05) is 0 Å². The topological polar surface area (TPSA) is 12.0 Å². The summed E-state index contributed by atoms with van der Waals surface area (Å²) in [7, 11) is 2.08. The van der Waals surface area contributed by atoms with E-state index in [0.29, 0.717) is 22.2 Å². The second-order valence-electron chi connectivity index (χ2n) is 9.49. The summed E-state index contributed by atoms with van der Waals surface area (Å²) < 4.78 is 0. The first kappa shape index (κ1) is 22.7. The molecule has 0 saturated carbocycles. The number of rotatable bonds is 13. The molecule has 0 amide bonds. The number of allylic oxidation sites excluding steroid dienone is 1. The maximum absolute atomic E-state index is 3.96. The predicted octanol–water partition coefficient (Wildman–Crippen LogP) is 6.84. The highest BCUT2D eigenvalue weighted by atomic mass is 14.8. The molecule has 0 spiro atoms. The smallest absolute Gasteiger partial charge is 0.00465 e. The fourth-order valence-electron chi connectivity index (χ4n) is 3.88. The Morgan fingerprint density at radius 1 is 1.04 bits per heavy atom. The molecule has 0 aromatic heterocycles. The first-order valence-corrected chi connectivity index (χ1v) is 9.81. The zero-order chi connectivity index (χ0) is 18.1. The highest BCUT2D eigenvalue weighted by molar-refractivity contribution is 4.94. The van der Waals surface area contributed by atoms with Crippen molar-refractivity contribution >= 4 is 0 Å². The second kappa shape index (κ2) is 9.87. The maximum Gasteiger partial charge on any atom is -0.00465 e. The van der Waals surface area contributed by atoms with Gasteiger partial charge in [0.05, 0.1) is 0 Å². The molecule has 0 aliphatic heterocycles. The van der Waals surface area contributed by atoms with Crippen LogP contribution in [0.5, 0.6) is 0 Å². The SMILES string of the molecule is C=CC(C)CCC(C)(C)C(C)(CCNC)CC(C)(C)CCCC. The van der Waals surface area contributed by atoms with E-state index in [-0.39, 0.29) is 0 Å². The minimum atomic E-state index is 0.352. The van der Waals surface area contributed by atoms with Gasteiger partial charge in [0.2, 0.25) is 0 Å². The van der Waals surface area contributed by atoms with Gasteiger partial charge < -0.3 is 5.32 Å². The van der Waals surface area contributed by atoms with Gasteiger partial charge in [-0.15, -0.1) is 6.58 Å². The third-order valence-corrected chi connectivity index (χ3v) is 6.26. The lowest BCUT2D eigenvalue weighted by atomic mass is 9.56. The Balaban J connectivity index is 5.15. The Bertz CT molecular complexity index is 329. The minimum Gasteiger partial charge on any atom is -0.320 e. The minimum absolute atomic E-state index is 0.352. The van der Waals surface area contributed by atoms with Crippen molar-refractivity contribution in [2.75, 3.05) is 13.6 Å². The lowest BCUT2D eigenvalue weighted by Crippen LogP contribution is -2.41. The lowest BCUT2D eigenvalue weighted by Gasteiger charge is -2.49. The fraction of sp³-hybridized carbons (Fsp3) is 0.909. The average Bonchev–Trinajstić information content (AvgIpc) is 2.48. The molecule has 23 heavy (non-hydrogen) atoms. The van der Waals surface area contributed by atoms with Crippen LogP contribution < -0.4 is 5.32 Å². The van der Waals surface area contributed by atoms with E-state index >= 15 is 0 Å².